The second-order valence-electron chi connectivity index (χ2n) is 5.06. The molecule has 5 heteroatoms. The number of carbonyl (C=O) groups is 1. The number of nitrogens with one attached hydrogen (secondary N) is 1. The molecular formula is C15H21FN2O2. The zero-order valence-electron chi connectivity index (χ0n) is 12.0. The van der Waals surface area contributed by atoms with Gasteiger partial charge in [-0.2, -0.15) is 0 Å². The fourth-order valence-electron chi connectivity index (χ4n) is 2.37. The van der Waals surface area contributed by atoms with Gasteiger partial charge in [-0.05, 0) is 37.2 Å². The van der Waals surface area contributed by atoms with E-state index in [0.717, 1.165) is 19.6 Å². The summed E-state index contributed by atoms with van der Waals surface area (Å²) < 4.78 is 18.6. The molecule has 1 heterocycles. The van der Waals surface area contributed by atoms with Gasteiger partial charge in [0.25, 0.3) is 5.91 Å². The van der Waals surface area contributed by atoms with Gasteiger partial charge in [0.1, 0.15) is 5.82 Å². The Morgan fingerprint density at radius 1 is 1.55 bits per heavy atom. The third-order valence-electron chi connectivity index (χ3n) is 3.59. The first-order valence-corrected chi connectivity index (χ1v) is 6.98. The monoisotopic (exact) mass is 280 g/mol. The van der Waals surface area contributed by atoms with Gasteiger partial charge in [-0.15, -0.1) is 0 Å². The molecule has 2 rings (SSSR count). The summed E-state index contributed by atoms with van der Waals surface area (Å²) in [6.07, 6.45) is 0.0217. The van der Waals surface area contributed by atoms with Crippen LogP contribution >= 0.6 is 0 Å². The number of morpholine rings is 1. The van der Waals surface area contributed by atoms with Crippen molar-refractivity contribution in [1.29, 1.82) is 0 Å². The zero-order valence-corrected chi connectivity index (χ0v) is 12.0. The van der Waals surface area contributed by atoms with E-state index in [1.807, 2.05) is 0 Å². The fraction of sp³-hybridized carbons (Fsp3) is 0.533. The minimum Gasteiger partial charge on any atom is -0.374 e. The van der Waals surface area contributed by atoms with Gasteiger partial charge in [0.05, 0.1) is 12.7 Å². The fourth-order valence-corrected chi connectivity index (χ4v) is 2.37. The lowest BCUT2D eigenvalue weighted by molar-refractivity contribution is -0.0246. The topological polar surface area (TPSA) is 41.6 Å². The predicted molar refractivity (Wildman–Crippen MR) is 75.3 cm³/mol. The molecule has 1 amide bonds. The standard InChI is InChI=1S/C15H21FN2O2/c1-3-18-6-7-20-13(10-18)9-17-15(19)14-5-4-12(16)8-11(14)2/h4-5,8,13H,3,6-7,9-10H2,1-2H3,(H,17,19). The van der Waals surface area contributed by atoms with Crippen LogP contribution in [0.4, 0.5) is 4.39 Å². The van der Waals surface area contributed by atoms with Crippen molar-refractivity contribution in [2.24, 2.45) is 0 Å². The molecule has 1 N–H and O–H groups in total. The van der Waals surface area contributed by atoms with Crippen LogP contribution in [0.1, 0.15) is 22.8 Å². The van der Waals surface area contributed by atoms with Crippen molar-refractivity contribution in [2.75, 3.05) is 32.8 Å². The predicted octanol–water partition coefficient (Wildman–Crippen LogP) is 1.58. The maximum absolute atomic E-state index is 13.0. The highest BCUT2D eigenvalue weighted by atomic mass is 19.1. The van der Waals surface area contributed by atoms with Gasteiger partial charge in [-0.1, -0.05) is 6.92 Å². The lowest BCUT2D eigenvalue weighted by Gasteiger charge is -2.32. The van der Waals surface area contributed by atoms with Crippen molar-refractivity contribution in [3.05, 3.63) is 35.1 Å². The second-order valence-corrected chi connectivity index (χ2v) is 5.06. The van der Waals surface area contributed by atoms with Crippen LogP contribution in [0, 0.1) is 12.7 Å². The Morgan fingerprint density at radius 2 is 2.35 bits per heavy atom. The molecule has 1 unspecified atom stereocenters. The Bertz CT molecular complexity index is 479. The molecule has 0 saturated carbocycles. The first-order chi connectivity index (χ1) is 9.60. The van der Waals surface area contributed by atoms with Gasteiger partial charge in [-0.25, -0.2) is 4.39 Å². The summed E-state index contributed by atoms with van der Waals surface area (Å²) >= 11 is 0. The zero-order chi connectivity index (χ0) is 14.5. The molecule has 110 valence electrons. The summed E-state index contributed by atoms with van der Waals surface area (Å²) in [6, 6.07) is 4.18. The average molecular weight is 280 g/mol. The van der Waals surface area contributed by atoms with Gasteiger partial charge in [0, 0.05) is 25.2 Å². The number of hydrogen-bond acceptors (Lipinski definition) is 3. The number of hydrogen-bond donors (Lipinski definition) is 1. The molecule has 1 aromatic carbocycles. The number of ether oxygens (including phenoxy) is 1. The molecule has 0 aromatic heterocycles. The number of halogens is 1. The molecule has 1 atom stereocenters. The highest BCUT2D eigenvalue weighted by molar-refractivity contribution is 5.95. The molecule has 1 aliphatic heterocycles. The Balaban J connectivity index is 1.88. The number of benzene rings is 1. The van der Waals surface area contributed by atoms with Crippen molar-refractivity contribution < 1.29 is 13.9 Å². The van der Waals surface area contributed by atoms with Crippen LogP contribution in [0.25, 0.3) is 0 Å². The van der Waals surface area contributed by atoms with Crippen molar-refractivity contribution in [1.82, 2.24) is 10.2 Å². The Kier molecular flexibility index (Phi) is 5.09. The first kappa shape index (κ1) is 14.9. The van der Waals surface area contributed by atoms with Crippen LogP contribution in [-0.4, -0.2) is 49.7 Å². The Morgan fingerprint density at radius 3 is 3.05 bits per heavy atom. The van der Waals surface area contributed by atoms with E-state index in [-0.39, 0.29) is 17.8 Å². The molecule has 20 heavy (non-hydrogen) atoms. The minimum atomic E-state index is -0.326. The third kappa shape index (κ3) is 3.77. The maximum atomic E-state index is 13.0. The van der Waals surface area contributed by atoms with E-state index in [1.54, 1.807) is 6.92 Å². The molecule has 1 aliphatic rings. The number of likely N-dealkylation sites (N-methyl/N-ethyl adjacent to an activating group) is 1. The lowest BCUT2D eigenvalue weighted by Crippen LogP contribution is -2.47. The second kappa shape index (κ2) is 6.81. The van der Waals surface area contributed by atoms with Gasteiger partial charge in [-0.3, -0.25) is 9.69 Å². The van der Waals surface area contributed by atoms with Crippen molar-refractivity contribution >= 4 is 5.91 Å². The first-order valence-electron chi connectivity index (χ1n) is 6.98. The quantitative estimate of drug-likeness (QED) is 0.910. The summed E-state index contributed by atoms with van der Waals surface area (Å²) in [5.74, 6) is -0.507. The molecule has 0 bridgehead atoms. The number of amides is 1. The lowest BCUT2D eigenvalue weighted by atomic mass is 10.1. The van der Waals surface area contributed by atoms with Crippen molar-refractivity contribution in [3.63, 3.8) is 0 Å². The molecule has 1 aromatic rings. The number of aryl methyl sites for hydroxylation is 1. The molecule has 0 radical (unpaired) electrons. The highest BCUT2D eigenvalue weighted by Gasteiger charge is 2.20. The van der Waals surface area contributed by atoms with E-state index < -0.39 is 0 Å². The number of carbonyl (C=O) groups excluding carboxylic acids is 1. The van der Waals surface area contributed by atoms with Crippen molar-refractivity contribution in [2.45, 2.75) is 20.0 Å². The summed E-state index contributed by atoms with van der Waals surface area (Å²) in [6.45, 7) is 7.79. The average Bonchev–Trinajstić information content (AvgIpc) is 2.45. The van der Waals surface area contributed by atoms with Gasteiger partial charge >= 0.3 is 0 Å². The van der Waals surface area contributed by atoms with Crippen LogP contribution in [0.2, 0.25) is 0 Å². The molecule has 0 spiro atoms. The summed E-state index contributed by atoms with van der Waals surface area (Å²) in [7, 11) is 0. The largest absolute Gasteiger partial charge is 0.374 e. The SMILES string of the molecule is CCN1CCOC(CNC(=O)c2ccc(F)cc2C)C1. The van der Waals surface area contributed by atoms with E-state index in [2.05, 4.69) is 17.1 Å². The molecule has 1 saturated heterocycles. The number of rotatable bonds is 4. The van der Waals surface area contributed by atoms with E-state index in [1.165, 1.54) is 18.2 Å². The van der Waals surface area contributed by atoms with E-state index in [4.69, 9.17) is 4.74 Å². The van der Waals surface area contributed by atoms with Crippen LogP contribution in [0.15, 0.2) is 18.2 Å². The van der Waals surface area contributed by atoms with Crippen molar-refractivity contribution in [3.8, 4) is 0 Å². The third-order valence-corrected chi connectivity index (χ3v) is 3.59. The molecule has 0 aliphatic carbocycles. The van der Waals surface area contributed by atoms with Gasteiger partial charge in [0.15, 0.2) is 0 Å². The molecule has 4 nitrogen and oxygen atoms in total. The molecular weight excluding hydrogens is 259 g/mol. The normalized spacial score (nSPS) is 19.9. The van der Waals surface area contributed by atoms with Gasteiger partial charge < -0.3 is 10.1 Å². The van der Waals surface area contributed by atoms with Crippen LogP contribution in [0.3, 0.4) is 0 Å². The minimum absolute atomic E-state index is 0.0217. The smallest absolute Gasteiger partial charge is 0.251 e. The highest BCUT2D eigenvalue weighted by Crippen LogP contribution is 2.10. The van der Waals surface area contributed by atoms with Crippen LogP contribution in [-0.2, 0) is 4.74 Å². The summed E-state index contributed by atoms with van der Waals surface area (Å²) in [4.78, 5) is 14.4. The van der Waals surface area contributed by atoms with Crippen LogP contribution < -0.4 is 5.32 Å². The van der Waals surface area contributed by atoms with E-state index in [0.29, 0.717) is 24.3 Å². The van der Waals surface area contributed by atoms with E-state index in [9.17, 15) is 9.18 Å². The van der Waals surface area contributed by atoms with Crippen LogP contribution in [0.5, 0.6) is 0 Å². The number of nitrogens with zero attached hydrogens (tertiary/aromatic N) is 1. The Labute approximate surface area is 118 Å². The summed E-state index contributed by atoms with van der Waals surface area (Å²) in [5, 5.41) is 2.86. The maximum Gasteiger partial charge on any atom is 0.251 e. The van der Waals surface area contributed by atoms with Gasteiger partial charge in [0.2, 0.25) is 0 Å². The molecule has 1 fully saturated rings. The summed E-state index contributed by atoms with van der Waals surface area (Å²) in [5.41, 5.74) is 1.15. The Hall–Kier alpha value is -1.46. The van der Waals surface area contributed by atoms with E-state index >= 15 is 0 Å².